The second kappa shape index (κ2) is 12.7. The molecule has 1 unspecified atom stereocenters. The molecule has 1 saturated carbocycles. The van der Waals surface area contributed by atoms with Crippen LogP contribution in [0.25, 0.3) is 0 Å². The minimum Gasteiger partial charge on any atom is -0.352 e. The largest absolute Gasteiger partial charge is 0.352 e. The Morgan fingerprint density at radius 3 is 2.16 bits per heavy atom. The Kier molecular flexibility index (Phi) is 10.1. The van der Waals surface area contributed by atoms with Crippen LogP contribution in [0.2, 0.25) is 15.1 Å². The van der Waals surface area contributed by atoms with Crippen LogP contribution >= 0.6 is 34.8 Å². The van der Waals surface area contributed by atoms with Gasteiger partial charge in [0.05, 0.1) is 11.9 Å². The number of nitrogens with zero attached hydrogens (tertiary/aromatic N) is 2. The van der Waals surface area contributed by atoms with E-state index in [9.17, 15) is 18.0 Å². The van der Waals surface area contributed by atoms with Crippen molar-refractivity contribution in [3.63, 3.8) is 0 Å². The van der Waals surface area contributed by atoms with Crippen molar-refractivity contribution in [2.75, 3.05) is 17.1 Å². The van der Waals surface area contributed by atoms with Gasteiger partial charge in [0.1, 0.15) is 12.6 Å². The van der Waals surface area contributed by atoms with Crippen LogP contribution in [0, 0.1) is 6.92 Å². The lowest BCUT2D eigenvalue weighted by Crippen LogP contribution is -2.53. The van der Waals surface area contributed by atoms with E-state index in [1.807, 2.05) is 0 Å². The Bertz CT molecular complexity index is 1230. The van der Waals surface area contributed by atoms with E-state index in [1.165, 1.54) is 4.90 Å². The average Bonchev–Trinajstić information content (AvgIpc) is 2.84. The van der Waals surface area contributed by atoms with Crippen LogP contribution in [0.5, 0.6) is 0 Å². The van der Waals surface area contributed by atoms with Crippen LogP contribution in [0.3, 0.4) is 0 Å². The number of sulfonamides is 1. The lowest BCUT2D eigenvalue weighted by Gasteiger charge is -2.33. The Morgan fingerprint density at radius 1 is 1.00 bits per heavy atom. The standard InChI is InChI=1S/C26H32Cl3N3O4S/c1-17-21(27)11-8-14-24(17)32(37(3,35)36)16-25(33)31(15-20-22(28)12-7-13-23(20)29)18(2)26(34)30-19-9-5-4-6-10-19/h7-8,11-14,18-19H,4-6,9-10,15-16H2,1-3H3,(H,30,34). The van der Waals surface area contributed by atoms with Crippen molar-refractivity contribution in [2.45, 2.75) is 64.6 Å². The normalized spacial score (nSPS) is 15.2. The molecular formula is C26H32Cl3N3O4S. The van der Waals surface area contributed by atoms with Crippen LogP contribution < -0.4 is 9.62 Å². The molecule has 3 rings (SSSR count). The first-order valence-electron chi connectivity index (χ1n) is 12.2. The molecule has 1 N–H and O–H groups in total. The SMILES string of the molecule is Cc1c(Cl)cccc1N(CC(=O)N(Cc1c(Cl)cccc1Cl)C(C)C(=O)NC1CCCCC1)S(C)(=O)=O. The molecule has 2 amide bonds. The van der Waals surface area contributed by atoms with Gasteiger partial charge in [-0.25, -0.2) is 8.42 Å². The molecule has 37 heavy (non-hydrogen) atoms. The Balaban J connectivity index is 1.95. The molecule has 2 aromatic carbocycles. The van der Waals surface area contributed by atoms with Gasteiger partial charge in [0.2, 0.25) is 21.8 Å². The predicted molar refractivity (Wildman–Crippen MR) is 150 cm³/mol. The molecule has 11 heteroatoms. The number of benzene rings is 2. The van der Waals surface area contributed by atoms with E-state index in [0.717, 1.165) is 42.7 Å². The number of amides is 2. The van der Waals surface area contributed by atoms with Gasteiger partial charge >= 0.3 is 0 Å². The van der Waals surface area contributed by atoms with E-state index < -0.39 is 28.5 Å². The maximum atomic E-state index is 13.8. The summed E-state index contributed by atoms with van der Waals surface area (Å²) in [6, 6.07) is 8.99. The van der Waals surface area contributed by atoms with Gasteiger partial charge in [-0.15, -0.1) is 0 Å². The van der Waals surface area contributed by atoms with Gasteiger partial charge in [-0.1, -0.05) is 66.2 Å². The van der Waals surface area contributed by atoms with Gasteiger partial charge in [0, 0.05) is 33.2 Å². The van der Waals surface area contributed by atoms with Gasteiger partial charge < -0.3 is 10.2 Å². The fourth-order valence-corrected chi connectivity index (χ4v) is 6.05. The average molecular weight is 589 g/mol. The molecule has 0 aromatic heterocycles. The maximum absolute atomic E-state index is 13.8. The third-order valence-corrected chi connectivity index (χ3v) is 8.94. The highest BCUT2D eigenvalue weighted by Crippen LogP contribution is 2.30. The monoisotopic (exact) mass is 587 g/mol. The zero-order valence-electron chi connectivity index (χ0n) is 21.1. The Morgan fingerprint density at radius 2 is 1.57 bits per heavy atom. The second-order valence-corrected chi connectivity index (χ2v) is 12.5. The number of nitrogens with one attached hydrogen (secondary N) is 1. The summed E-state index contributed by atoms with van der Waals surface area (Å²) in [5, 5.41) is 4.11. The zero-order chi connectivity index (χ0) is 27.3. The lowest BCUT2D eigenvalue weighted by molar-refractivity contribution is -0.139. The van der Waals surface area contributed by atoms with Crippen molar-refractivity contribution in [2.24, 2.45) is 0 Å². The summed E-state index contributed by atoms with van der Waals surface area (Å²) in [6.07, 6.45) is 6.02. The maximum Gasteiger partial charge on any atom is 0.244 e. The van der Waals surface area contributed by atoms with E-state index in [2.05, 4.69) is 5.32 Å². The molecule has 7 nitrogen and oxygen atoms in total. The van der Waals surface area contributed by atoms with Crippen molar-refractivity contribution in [3.05, 3.63) is 62.6 Å². The molecule has 1 atom stereocenters. The fraction of sp³-hybridized carbons (Fsp3) is 0.462. The minimum absolute atomic E-state index is 0.0474. The highest BCUT2D eigenvalue weighted by atomic mass is 35.5. The summed E-state index contributed by atoms with van der Waals surface area (Å²) < 4.78 is 26.6. The molecule has 0 saturated heterocycles. The van der Waals surface area contributed by atoms with Crippen molar-refractivity contribution in [1.29, 1.82) is 0 Å². The zero-order valence-corrected chi connectivity index (χ0v) is 24.2. The first-order chi connectivity index (χ1) is 17.4. The highest BCUT2D eigenvalue weighted by Gasteiger charge is 2.32. The molecular weight excluding hydrogens is 557 g/mol. The second-order valence-electron chi connectivity index (χ2n) is 9.39. The molecule has 202 valence electrons. The van der Waals surface area contributed by atoms with E-state index in [1.54, 1.807) is 50.2 Å². The number of hydrogen-bond donors (Lipinski definition) is 1. The summed E-state index contributed by atoms with van der Waals surface area (Å²) in [6.45, 7) is 2.71. The molecule has 1 aliphatic carbocycles. The van der Waals surface area contributed by atoms with Crippen molar-refractivity contribution in [3.8, 4) is 0 Å². The summed E-state index contributed by atoms with van der Waals surface area (Å²) in [5.41, 5.74) is 1.28. The summed E-state index contributed by atoms with van der Waals surface area (Å²) in [7, 11) is -3.87. The summed E-state index contributed by atoms with van der Waals surface area (Å²) >= 11 is 19.0. The molecule has 0 radical (unpaired) electrons. The van der Waals surface area contributed by atoms with Crippen molar-refractivity contribution in [1.82, 2.24) is 10.2 Å². The lowest BCUT2D eigenvalue weighted by atomic mass is 9.95. The van der Waals surface area contributed by atoms with E-state index >= 15 is 0 Å². The van der Waals surface area contributed by atoms with Gasteiger partial charge in [0.25, 0.3) is 0 Å². The van der Waals surface area contributed by atoms with Crippen molar-refractivity contribution >= 4 is 62.3 Å². The predicted octanol–water partition coefficient (Wildman–Crippen LogP) is 5.59. The molecule has 0 aliphatic heterocycles. The molecule has 0 heterocycles. The topological polar surface area (TPSA) is 86.8 Å². The molecule has 1 aliphatic rings. The molecule has 1 fully saturated rings. The van der Waals surface area contributed by atoms with Crippen LogP contribution in [0.15, 0.2) is 36.4 Å². The van der Waals surface area contributed by atoms with E-state index in [0.29, 0.717) is 31.9 Å². The fourth-order valence-electron chi connectivity index (χ4n) is 4.47. The summed E-state index contributed by atoms with van der Waals surface area (Å²) in [4.78, 5) is 28.3. The first-order valence-corrected chi connectivity index (χ1v) is 15.1. The van der Waals surface area contributed by atoms with Gasteiger partial charge in [0.15, 0.2) is 0 Å². The molecule has 0 bridgehead atoms. The highest BCUT2D eigenvalue weighted by molar-refractivity contribution is 7.92. The quantitative estimate of drug-likeness (QED) is 0.414. The third kappa shape index (κ3) is 7.53. The first kappa shape index (κ1) is 29.6. The Hall–Kier alpha value is -2.00. The van der Waals surface area contributed by atoms with Gasteiger partial charge in [-0.2, -0.15) is 0 Å². The number of hydrogen-bond acceptors (Lipinski definition) is 4. The number of carbonyl (C=O) groups is 2. The number of halogens is 3. The smallest absolute Gasteiger partial charge is 0.244 e. The van der Waals surface area contributed by atoms with E-state index in [-0.39, 0.29) is 18.5 Å². The van der Waals surface area contributed by atoms with Crippen LogP contribution in [0.1, 0.15) is 50.2 Å². The van der Waals surface area contributed by atoms with Gasteiger partial charge in [-0.3, -0.25) is 13.9 Å². The molecule has 2 aromatic rings. The Labute approximate surface area is 234 Å². The summed E-state index contributed by atoms with van der Waals surface area (Å²) in [5.74, 6) is -0.889. The number of rotatable bonds is 9. The third-order valence-electron chi connectivity index (χ3n) is 6.70. The molecule has 0 spiro atoms. The minimum atomic E-state index is -3.87. The number of carbonyl (C=O) groups excluding carboxylic acids is 2. The number of anilines is 1. The van der Waals surface area contributed by atoms with Crippen LogP contribution in [-0.2, 0) is 26.2 Å². The van der Waals surface area contributed by atoms with E-state index in [4.69, 9.17) is 34.8 Å². The van der Waals surface area contributed by atoms with Crippen molar-refractivity contribution < 1.29 is 18.0 Å². The van der Waals surface area contributed by atoms with Crippen LogP contribution in [-0.4, -0.2) is 50.0 Å². The van der Waals surface area contributed by atoms with Crippen LogP contribution in [0.4, 0.5) is 5.69 Å². The van der Waals surface area contributed by atoms with Gasteiger partial charge in [-0.05, 0) is 56.5 Å².